The third kappa shape index (κ3) is 13.9. The number of allylic oxidation sites excluding steroid dienone is 4. The lowest BCUT2D eigenvalue weighted by molar-refractivity contribution is -0.127. The molecule has 4 rings (SSSR count). The number of carbonyl (C=O) groups excluding carboxylic acids is 4. The first kappa shape index (κ1) is 42.5. The Bertz CT molecular complexity index is 1790. The second kappa shape index (κ2) is 21.6. The molecular weight excluding hydrogens is 696 g/mol. The van der Waals surface area contributed by atoms with Crippen LogP contribution in [0.1, 0.15) is 55.2 Å². The summed E-state index contributed by atoms with van der Waals surface area (Å²) in [6.45, 7) is 0. The van der Waals surface area contributed by atoms with Gasteiger partial charge in [0.2, 0.25) is 0 Å². The molecule has 0 fully saturated rings. The van der Waals surface area contributed by atoms with Crippen molar-refractivity contribution in [1.82, 2.24) is 0 Å². The van der Waals surface area contributed by atoms with Gasteiger partial charge >= 0.3 is 0 Å². The van der Waals surface area contributed by atoms with Crippen molar-refractivity contribution in [3.63, 3.8) is 0 Å². The Labute approximate surface area is 315 Å². The van der Waals surface area contributed by atoms with Crippen LogP contribution >= 0.6 is 0 Å². The van der Waals surface area contributed by atoms with Crippen LogP contribution in [0.4, 0.5) is 0 Å². The summed E-state index contributed by atoms with van der Waals surface area (Å²) >= 11 is 0. The molecule has 1 aliphatic rings. The predicted octanol–water partition coefficient (Wildman–Crippen LogP) is 6.57. The lowest BCUT2D eigenvalue weighted by atomic mass is 9.90. The van der Waals surface area contributed by atoms with Gasteiger partial charge in [-0.05, 0) is 103 Å². The molecule has 0 aromatic heterocycles. The van der Waals surface area contributed by atoms with E-state index in [0.717, 1.165) is 11.1 Å². The largest absolute Gasteiger partial charge is 0.510 e. The van der Waals surface area contributed by atoms with Gasteiger partial charge in [-0.15, -0.1) is 0 Å². The Morgan fingerprint density at radius 3 is 1.69 bits per heavy atom. The molecule has 2 unspecified atom stereocenters. The molecule has 54 heavy (non-hydrogen) atoms. The summed E-state index contributed by atoms with van der Waals surface area (Å²) in [5.41, 5.74) is 2.41. The molecule has 0 amide bonds. The topological polar surface area (TPSA) is 186 Å². The van der Waals surface area contributed by atoms with Crippen molar-refractivity contribution in [2.75, 3.05) is 28.4 Å². The lowest BCUT2D eigenvalue weighted by Crippen LogP contribution is -2.21. The van der Waals surface area contributed by atoms with E-state index in [2.05, 4.69) is 0 Å². The first-order valence-electron chi connectivity index (χ1n) is 17.3. The molecule has 0 saturated carbocycles. The molecule has 0 bridgehead atoms. The van der Waals surface area contributed by atoms with E-state index in [0.29, 0.717) is 48.5 Å². The fraction of sp³-hybridized carbons (Fsp3) is 0.333. The fourth-order valence-corrected chi connectivity index (χ4v) is 5.51. The van der Waals surface area contributed by atoms with Gasteiger partial charge in [0.05, 0.1) is 34.2 Å². The molecule has 0 radical (unpaired) electrons. The fourth-order valence-electron chi connectivity index (χ4n) is 5.51. The number of Topliss-reactive ketones (excluding diaryl/α,β-unsaturated/α-hetero) is 2. The summed E-state index contributed by atoms with van der Waals surface area (Å²) < 4.78 is 20.3. The van der Waals surface area contributed by atoms with E-state index in [1.165, 1.54) is 58.8 Å². The second-order valence-electron chi connectivity index (χ2n) is 12.6. The summed E-state index contributed by atoms with van der Waals surface area (Å²) in [5, 5.41) is 38.4. The van der Waals surface area contributed by atoms with Crippen LogP contribution in [0.25, 0.3) is 6.08 Å². The zero-order valence-corrected chi connectivity index (χ0v) is 30.9. The summed E-state index contributed by atoms with van der Waals surface area (Å²) in [5.74, 6) is 0.639. The minimum atomic E-state index is -0.352. The Morgan fingerprint density at radius 2 is 1.17 bits per heavy atom. The van der Waals surface area contributed by atoms with E-state index in [1.54, 1.807) is 54.6 Å². The first-order valence-corrected chi connectivity index (χ1v) is 17.3. The number of methoxy groups -OCH3 is 4. The van der Waals surface area contributed by atoms with Gasteiger partial charge in [-0.3, -0.25) is 19.2 Å². The number of ketones is 4. The number of benzene rings is 3. The van der Waals surface area contributed by atoms with Crippen molar-refractivity contribution in [2.24, 2.45) is 5.92 Å². The zero-order chi connectivity index (χ0) is 39.6. The van der Waals surface area contributed by atoms with E-state index in [4.69, 9.17) is 18.9 Å². The van der Waals surface area contributed by atoms with Gasteiger partial charge in [-0.1, -0.05) is 30.4 Å². The van der Waals surface area contributed by atoms with Crippen molar-refractivity contribution in [3.05, 3.63) is 101 Å². The SMILES string of the molecule is COc1cc(/C=C/C(=O)CC(=O)/C=C/C2CC=C(O)C(OC)C2)ccc1O.COc1cc(CCC(=O)CC(=O)CCc2ccc(O)c(OC)c2)ccc1O. The number of aryl methyl sites for hydroxylation is 2. The second-order valence-corrected chi connectivity index (χ2v) is 12.6. The first-order chi connectivity index (χ1) is 25.8. The minimum Gasteiger partial charge on any atom is -0.510 e. The summed E-state index contributed by atoms with van der Waals surface area (Å²) in [6.07, 6.45) is 9.82. The van der Waals surface area contributed by atoms with Gasteiger partial charge in [0.25, 0.3) is 0 Å². The predicted molar refractivity (Wildman–Crippen MR) is 202 cm³/mol. The van der Waals surface area contributed by atoms with Gasteiger partial charge in [0.1, 0.15) is 23.4 Å². The van der Waals surface area contributed by atoms with Crippen LogP contribution < -0.4 is 14.2 Å². The number of phenols is 3. The highest BCUT2D eigenvalue weighted by Gasteiger charge is 2.22. The average molecular weight is 745 g/mol. The van der Waals surface area contributed by atoms with Crippen LogP contribution in [0, 0.1) is 5.92 Å². The number of carbonyl (C=O) groups is 4. The third-order valence-electron chi connectivity index (χ3n) is 8.60. The van der Waals surface area contributed by atoms with E-state index >= 15 is 0 Å². The summed E-state index contributed by atoms with van der Waals surface area (Å²) in [6, 6.07) is 14.6. The Hall–Kier alpha value is -5.88. The van der Waals surface area contributed by atoms with Crippen molar-refractivity contribution < 1.29 is 58.6 Å². The van der Waals surface area contributed by atoms with Gasteiger partial charge < -0.3 is 39.4 Å². The highest BCUT2D eigenvalue weighted by Crippen LogP contribution is 2.29. The number of phenolic OH excluding ortho intramolecular Hbond substituents is 3. The number of hydrogen-bond acceptors (Lipinski definition) is 12. The maximum atomic E-state index is 12.1. The third-order valence-corrected chi connectivity index (χ3v) is 8.60. The number of aromatic hydroxyl groups is 3. The van der Waals surface area contributed by atoms with Gasteiger partial charge in [0, 0.05) is 20.0 Å². The Kier molecular flexibility index (Phi) is 17.0. The van der Waals surface area contributed by atoms with Crippen LogP contribution in [0.15, 0.2) is 84.7 Å². The number of ether oxygens (including phenoxy) is 4. The zero-order valence-electron chi connectivity index (χ0n) is 30.9. The van der Waals surface area contributed by atoms with Crippen LogP contribution in [0.2, 0.25) is 0 Å². The molecular formula is C42H48O12. The lowest BCUT2D eigenvalue weighted by Gasteiger charge is -2.23. The highest BCUT2D eigenvalue weighted by molar-refractivity contribution is 6.09. The van der Waals surface area contributed by atoms with Gasteiger partial charge in [-0.25, -0.2) is 0 Å². The Balaban J connectivity index is 0.000000290. The van der Waals surface area contributed by atoms with Crippen LogP contribution in [-0.2, 0) is 36.8 Å². The molecule has 0 aliphatic heterocycles. The molecule has 3 aromatic carbocycles. The minimum absolute atomic E-state index is 0.0166. The number of aliphatic hydroxyl groups excluding tert-OH is 1. The van der Waals surface area contributed by atoms with Crippen LogP contribution in [0.5, 0.6) is 34.5 Å². The van der Waals surface area contributed by atoms with Crippen LogP contribution in [0.3, 0.4) is 0 Å². The van der Waals surface area contributed by atoms with E-state index in [-0.39, 0.29) is 83.8 Å². The molecule has 12 heteroatoms. The van der Waals surface area contributed by atoms with Gasteiger partial charge in [0.15, 0.2) is 46.1 Å². The molecule has 0 heterocycles. The van der Waals surface area contributed by atoms with E-state index in [9.17, 15) is 39.6 Å². The summed E-state index contributed by atoms with van der Waals surface area (Å²) in [4.78, 5) is 48.0. The van der Waals surface area contributed by atoms with Crippen molar-refractivity contribution in [2.45, 2.75) is 57.5 Å². The normalized spacial score (nSPS) is 15.2. The molecule has 1 aliphatic carbocycles. The molecule has 3 aromatic rings. The maximum absolute atomic E-state index is 12.1. The molecule has 12 nitrogen and oxygen atoms in total. The van der Waals surface area contributed by atoms with E-state index < -0.39 is 0 Å². The van der Waals surface area contributed by atoms with Crippen molar-refractivity contribution in [1.29, 1.82) is 0 Å². The molecule has 0 spiro atoms. The summed E-state index contributed by atoms with van der Waals surface area (Å²) in [7, 11) is 5.90. The highest BCUT2D eigenvalue weighted by atomic mass is 16.5. The number of aliphatic hydroxyl groups is 1. The monoisotopic (exact) mass is 744 g/mol. The molecule has 288 valence electrons. The van der Waals surface area contributed by atoms with Crippen LogP contribution in [-0.4, -0.2) is 78.1 Å². The molecule has 0 saturated heterocycles. The van der Waals surface area contributed by atoms with Crippen molar-refractivity contribution in [3.8, 4) is 34.5 Å². The van der Waals surface area contributed by atoms with Crippen molar-refractivity contribution >= 4 is 29.2 Å². The Morgan fingerprint density at radius 1 is 0.667 bits per heavy atom. The van der Waals surface area contributed by atoms with E-state index in [1.807, 2.05) is 0 Å². The number of rotatable bonds is 18. The molecule has 2 atom stereocenters. The molecule has 4 N–H and O–H groups in total. The number of hydrogen-bond donors (Lipinski definition) is 4. The smallest absolute Gasteiger partial charge is 0.163 e. The average Bonchev–Trinajstić information content (AvgIpc) is 3.16. The van der Waals surface area contributed by atoms with Gasteiger partial charge in [-0.2, -0.15) is 0 Å². The maximum Gasteiger partial charge on any atom is 0.163 e. The standard InChI is InChI=1S/2C21H24O6/c2*1-26-20-11-14(5-9-18(20)24)3-7-16(22)13-17(23)8-4-15-6-10-19(25)21(12-15)27-2/h5-6,9-12,24-25H,3-4,7-8,13H2,1-2H3;3-5,7-11,15,21,24-25H,6,12-13H2,1-2H3/b;7-3+,8-4+. The quantitative estimate of drug-likeness (QED) is 0.0812.